The van der Waals surface area contributed by atoms with Crippen molar-refractivity contribution in [2.24, 2.45) is 0 Å². The van der Waals surface area contributed by atoms with Gasteiger partial charge in [0.2, 0.25) is 0 Å². The van der Waals surface area contributed by atoms with Gasteiger partial charge in [0.15, 0.2) is 11.8 Å². The van der Waals surface area contributed by atoms with Gasteiger partial charge in [-0.15, -0.1) is 5.10 Å². The number of ether oxygens (including phenoxy) is 1. The first-order chi connectivity index (χ1) is 13.4. The summed E-state index contributed by atoms with van der Waals surface area (Å²) in [5, 5.41) is 7.08. The van der Waals surface area contributed by atoms with Gasteiger partial charge in [0.1, 0.15) is 5.75 Å². The highest BCUT2D eigenvalue weighted by atomic mass is 32.2. The van der Waals surface area contributed by atoms with Crippen molar-refractivity contribution in [1.29, 1.82) is 0 Å². The van der Waals surface area contributed by atoms with E-state index in [1.54, 1.807) is 16.7 Å². The number of nitrogens with one attached hydrogen (secondary N) is 1. The summed E-state index contributed by atoms with van der Waals surface area (Å²) in [4.78, 5) is 12.0. The van der Waals surface area contributed by atoms with Crippen LogP contribution in [0.4, 0.5) is 13.2 Å². The van der Waals surface area contributed by atoms with E-state index < -0.39 is 12.8 Å². The zero-order valence-corrected chi connectivity index (χ0v) is 15.6. The normalized spacial score (nSPS) is 11.5. The molecule has 0 aliphatic heterocycles. The summed E-state index contributed by atoms with van der Waals surface area (Å²) in [7, 11) is 0. The highest BCUT2D eigenvalue weighted by molar-refractivity contribution is 7.98. The lowest BCUT2D eigenvalue weighted by Crippen LogP contribution is -2.19. The zero-order chi connectivity index (χ0) is 20.0. The summed E-state index contributed by atoms with van der Waals surface area (Å²) in [6, 6.07) is 16.2. The Kier molecular flexibility index (Phi) is 6.45. The number of hydrogen-bond acceptors (Lipinski definition) is 4. The molecule has 1 heterocycles. The predicted molar refractivity (Wildman–Crippen MR) is 101 cm³/mol. The fraction of sp³-hybridized carbons (Fsp3) is 0.263. The number of aromatic nitrogens is 3. The average molecular weight is 409 g/mol. The second-order valence-electron chi connectivity index (χ2n) is 6.04. The molecule has 0 atom stereocenters. The van der Waals surface area contributed by atoms with Gasteiger partial charge in [0.05, 0.1) is 0 Å². The fourth-order valence-corrected chi connectivity index (χ4v) is 3.42. The highest BCUT2D eigenvalue weighted by Crippen LogP contribution is 2.23. The Hall–Kier alpha value is -2.68. The Labute approximate surface area is 163 Å². The molecular formula is C19H18F3N3O2S. The number of benzene rings is 2. The lowest BCUT2D eigenvalue weighted by molar-refractivity contribution is -0.153. The molecule has 0 aliphatic carbocycles. The molecule has 148 valence electrons. The van der Waals surface area contributed by atoms with Crippen LogP contribution in [0.5, 0.6) is 5.75 Å². The van der Waals surface area contributed by atoms with E-state index in [1.807, 2.05) is 30.3 Å². The van der Waals surface area contributed by atoms with Crippen molar-refractivity contribution < 1.29 is 17.9 Å². The molecule has 0 unspecified atom stereocenters. The molecule has 0 spiro atoms. The molecule has 1 aromatic heterocycles. The lowest BCUT2D eigenvalue weighted by Gasteiger charge is -2.09. The van der Waals surface area contributed by atoms with Crippen LogP contribution in [-0.2, 0) is 18.7 Å². The number of H-pyrrole nitrogens is 1. The van der Waals surface area contributed by atoms with Gasteiger partial charge in [-0.1, -0.05) is 54.2 Å². The van der Waals surface area contributed by atoms with Crippen LogP contribution in [0.25, 0.3) is 0 Å². The highest BCUT2D eigenvalue weighted by Gasteiger charge is 2.28. The maximum absolute atomic E-state index is 12.2. The molecule has 0 bridgehead atoms. The van der Waals surface area contributed by atoms with Crippen LogP contribution in [0.15, 0.2) is 64.5 Å². The molecule has 1 N–H and O–H groups in total. The lowest BCUT2D eigenvalue weighted by atomic mass is 10.1. The number of nitrogens with zero attached hydrogens (tertiary/aromatic N) is 2. The number of thioether (sulfide) groups is 1. The molecule has 3 aromatic rings. The van der Waals surface area contributed by atoms with Crippen molar-refractivity contribution in [1.82, 2.24) is 14.8 Å². The van der Waals surface area contributed by atoms with Crippen LogP contribution in [0, 0.1) is 0 Å². The molecule has 0 amide bonds. The summed E-state index contributed by atoms with van der Waals surface area (Å²) in [5.74, 6) is 0.681. The van der Waals surface area contributed by atoms with Crippen molar-refractivity contribution in [3.05, 3.63) is 76.2 Å². The van der Waals surface area contributed by atoms with Crippen LogP contribution in [0.2, 0.25) is 0 Å². The van der Waals surface area contributed by atoms with E-state index in [1.165, 1.54) is 23.9 Å². The summed E-state index contributed by atoms with van der Waals surface area (Å²) in [6.45, 7) is -0.812. The summed E-state index contributed by atoms with van der Waals surface area (Å²) in [5.41, 5.74) is 1.74. The first-order valence-corrected chi connectivity index (χ1v) is 9.50. The minimum atomic E-state index is -4.36. The minimum Gasteiger partial charge on any atom is -0.484 e. The SMILES string of the molecule is O=c1[nH]nc(SCc2ccc(OCC(F)(F)F)cc2)n1CCc1ccccc1. The molecule has 5 nitrogen and oxygen atoms in total. The van der Waals surface area contributed by atoms with Crippen molar-refractivity contribution in [3.8, 4) is 5.75 Å². The van der Waals surface area contributed by atoms with Crippen LogP contribution >= 0.6 is 11.8 Å². The number of aromatic amines is 1. The number of alkyl halides is 3. The van der Waals surface area contributed by atoms with Crippen LogP contribution in [0.3, 0.4) is 0 Å². The predicted octanol–water partition coefficient (Wildman–Crippen LogP) is 4.05. The van der Waals surface area contributed by atoms with Crippen molar-refractivity contribution >= 4 is 11.8 Å². The largest absolute Gasteiger partial charge is 0.484 e. The maximum Gasteiger partial charge on any atom is 0.422 e. The number of aryl methyl sites for hydroxylation is 1. The third-order valence-electron chi connectivity index (χ3n) is 3.88. The molecule has 0 fully saturated rings. The van der Waals surface area contributed by atoms with Gasteiger partial charge >= 0.3 is 11.9 Å². The smallest absolute Gasteiger partial charge is 0.422 e. The first kappa shape index (κ1) is 20.1. The molecule has 0 saturated heterocycles. The van der Waals surface area contributed by atoms with Gasteiger partial charge < -0.3 is 4.74 Å². The van der Waals surface area contributed by atoms with Crippen LogP contribution < -0.4 is 10.4 Å². The topological polar surface area (TPSA) is 59.9 Å². The zero-order valence-electron chi connectivity index (χ0n) is 14.8. The Bertz CT molecular complexity index is 938. The van der Waals surface area contributed by atoms with Crippen LogP contribution in [-0.4, -0.2) is 27.5 Å². The van der Waals surface area contributed by atoms with Gasteiger partial charge in [-0.25, -0.2) is 9.89 Å². The number of halogens is 3. The molecule has 9 heteroatoms. The molecule has 3 rings (SSSR count). The van der Waals surface area contributed by atoms with Gasteiger partial charge in [-0.3, -0.25) is 4.57 Å². The van der Waals surface area contributed by atoms with Crippen molar-refractivity contribution in [2.45, 2.75) is 30.1 Å². The third-order valence-corrected chi connectivity index (χ3v) is 4.93. The fourth-order valence-electron chi connectivity index (χ4n) is 2.49. The van der Waals surface area contributed by atoms with E-state index in [0.29, 0.717) is 23.9 Å². The van der Waals surface area contributed by atoms with Gasteiger partial charge in [0.25, 0.3) is 0 Å². The standard InChI is InChI=1S/C19H18F3N3O2S/c20-19(21,22)13-27-16-8-6-15(7-9-16)12-28-18-24-23-17(26)25(18)11-10-14-4-2-1-3-5-14/h1-9H,10-13H2,(H,23,26). The Balaban J connectivity index is 1.57. The Morgan fingerprint density at radius 1 is 1.04 bits per heavy atom. The Morgan fingerprint density at radius 3 is 2.43 bits per heavy atom. The summed E-state index contributed by atoms with van der Waals surface area (Å²) < 4.78 is 42.8. The van der Waals surface area contributed by atoms with Gasteiger partial charge in [0, 0.05) is 12.3 Å². The molecule has 2 aromatic carbocycles. The van der Waals surface area contributed by atoms with E-state index in [2.05, 4.69) is 10.2 Å². The third kappa shape index (κ3) is 5.91. The van der Waals surface area contributed by atoms with Crippen LogP contribution in [0.1, 0.15) is 11.1 Å². The van der Waals surface area contributed by atoms with Crippen molar-refractivity contribution in [3.63, 3.8) is 0 Å². The summed E-state index contributed by atoms with van der Waals surface area (Å²) in [6.07, 6.45) is -3.66. The van der Waals surface area contributed by atoms with E-state index in [9.17, 15) is 18.0 Å². The minimum absolute atomic E-state index is 0.158. The number of hydrogen-bond donors (Lipinski definition) is 1. The second kappa shape index (κ2) is 9.01. The van der Waals surface area contributed by atoms with E-state index in [0.717, 1.165) is 11.1 Å². The van der Waals surface area contributed by atoms with Crippen molar-refractivity contribution in [2.75, 3.05) is 6.61 Å². The van der Waals surface area contributed by atoms with E-state index >= 15 is 0 Å². The van der Waals surface area contributed by atoms with E-state index in [4.69, 9.17) is 4.74 Å². The van der Waals surface area contributed by atoms with Gasteiger partial charge in [-0.05, 0) is 29.7 Å². The van der Waals surface area contributed by atoms with Gasteiger partial charge in [-0.2, -0.15) is 13.2 Å². The molecule has 0 radical (unpaired) electrons. The Morgan fingerprint density at radius 2 is 1.75 bits per heavy atom. The molecule has 0 saturated carbocycles. The second-order valence-corrected chi connectivity index (χ2v) is 6.98. The summed E-state index contributed by atoms with van der Waals surface area (Å²) >= 11 is 1.38. The molecule has 0 aliphatic rings. The van der Waals surface area contributed by atoms with E-state index in [-0.39, 0.29) is 11.4 Å². The average Bonchev–Trinajstić information content (AvgIpc) is 3.04. The molecule has 28 heavy (non-hydrogen) atoms. The first-order valence-electron chi connectivity index (χ1n) is 8.51. The quantitative estimate of drug-likeness (QED) is 0.571. The number of rotatable bonds is 8. The maximum atomic E-state index is 12.2. The monoisotopic (exact) mass is 409 g/mol. The molecular weight excluding hydrogens is 391 g/mol.